The highest BCUT2D eigenvalue weighted by Crippen LogP contribution is 2.09. The topological polar surface area (TPSA) is 92.0 Å². The summed E-state index contributed by atoms with van der Waals surface area (Å²) in [6.07, 6.45) is 1.70. The molecule has 1 aromatic heterocycles. The molecule has 0 amide bonds. The Morgan fingerprint density at radius 1 is 1.11 bits per heavy atom. The van der Waals surface area contributed by atoms with Gasteiger partial charge in [-0.25, -0.2) is 9.78 Å². The van der Waals surface area contributed by atoms with Crippen LogP contribution in [0.3, 0.4) is 0 Å². The van der Waals surface area contributed by atoms with Crippen LogP contribution in [0.25, 0.3) is 11.0 Å². The number of carboxylic acid groups (broad SMARTS) is 1. The fraction of sp³-hybridized carbons (Fsp3) is 0. The van der Waals surface area contributed by atoms with E-state index in [1.54, 1.807) is 24.5 Å². The second-order valence-corrected chi connectivity index (χ2v) is 3.81. The maximum atomic E-state index is 10.3. The summed E-state index contributed by atoms with van der Waals surface area (Å²) in [5, 5.41) is 8.49. The Labute approximate surface area is 109 Å². The van der Waals surface area contributed by atoms with E-state index in [0.29, 0.717) is 5.69 Å². The van der Waals surface area contributed by atoms with Gasteiger partial charge in [0.2, 0.25) is 0 Å². The van der Waals surface area contributed by atoms with Crippen molar-refractivity contribution in [2.45, 2.75) is 0 Å². The lowest BCUT2D eigenvalue weighted by Crippen LogP contribution is -2.00. The van der Waals surface area contributed by atoms with E-state index in [0.717, 1.165) is 11.0 Å². The van der Waals surface area contributed by atoms with Crippen molar-refractivity contribution >= 4 is 22.7 Å². The van der Waals surface area contributed by atoms with Crippen LogP contribution in [0.4, 0.5) is 5.69 Å². The number of nitrogens with zero attached hydrogens (tertiary/aromatic N) is 1. The van der Waals surface area contributed by atoms with Crippen LogP contribution >= 0.6 is 0 Å². The minimum absolute atomic E-state index is 0.155. The lowest BCUT2D eigenvalue weighted by atomic mass is 10.2. The average Bonchev–Trinajstić information content (AvgIpc) is 2.88. The van der Waals surface area contributed by atoms with Crippen molar-refractivity contribution in [3.63, 3.8) is 0 Å². The highest BCUT2D eigenvalue weighted by atomic mass is 16.4. The Morgan fingerprint density at radius 3 is 2.42 bits per heavy atom. The SMILES string of the molecule is Nc1ccccc1C(=O)O.c1ccc2[nH]cnc2c1. The van der Waals surface area contributed by atoms with Crippen molar-refractivity contribution < 1.29 is 9.90 Å². The molecule has 0 spiro atoms. The molecule has 0 bridgehead atoms. The minimum Gasteiger partial charge on any atom is -0.478 e. The van der Waals surface area contributed by atoms with Crippen molar-refractivity contribution in [2.75, 3.05) is 5.73 Å². The molecule has 96 valence electrons. The van der Waals surface area contributed by atoms with Crippen LogP contribution in [-0.2, 0) is 0 Å². The summed E-state index contributed by atoms with van der Waals surface area (Å²) in [6.45, 7) is 0. The highest BCUT2D eigenvalue weighted by Gasteiger charge is 2.03. The van der Waals surface area contributed by atoms with Crippen molar-refractivity contribution in [3.05, 3.63) is 60.4 Å². The third-order valence-electron chi connectivity index (χ3n) is 2.52. The van der Waals surface area contributed by atoms with Gasteiger partial charge < -0.3 is 15.8 Å². The number of hydrogen-bond acceptors (Lipinski definition) is 3. The molecule has 3 rings (SSSR count). The number of aromatic nitrogens is 2. The number of benzene rings is 2. The number of H-pyrrole nitrogens is 1. The average molecular weight is 255 g/mol. The van der Waals surface area contributed by atoms with E-state index in [9.17, 15) is 4.79 Å². The zero-order chi connectivity index (χ0) is 13.7. The summed E-state index contributed by atoms with van der Waals surface area (Å²) >= 11 is 0. The maximum Gasteiger partial charge on any atom is 0.337 e. The van der Waals surface area contributed by atoms with E-state index >= 15 is 0 Å². The summed E-state index contributed by atoms with van der Waals surface area (Å²) in [5.41, 5.74) is 7.92. The zero-order valence-corrected chi connectivity index (χ0v) is 10.1. The van der Waals surface area contributed by atoms with Crippen LogP contribution in [0.1, 0.15) is 10.4 Å². The monoisotopic (exact) mass is 255 g/mol. The number of carbonyl (C=O) groups is 1. The summed E-state index contributed by atoms with van der Waals surface area (Å²) in [5.74, 6) is -0.988. The Balaban J connectivity index is 0.000000141. The molecule has 0 fully saturated rings. The second-order valence-electron chi connectivity index (χ2n) is 3.81. The minimum atomic E-state index is -0.988. The number of nitrogens with two attached hydrogens (primary N) is 1. The smallest absolute Gasteiger partial charge is 0.337 e. The first-order chi connectivity index (χ1) is 9.18. The third-order valence-corrected chi connectivity index (χ3v) is 2.52. The normalized spacial score (nSPS) is 9.68. The number of nitrogens with one attached hydrogen (secondary N) is 1. The third kappa shape index (κ3) is 3.10. The highest BCUT2D eigenvalue weighted by molar-refractivity contribution is 5.93. The molecule has 19 heavy (non-hydrogen) atoms. The first-order valence-electron chi connectivity index (χ1n) is 5.64. The van der Waals surface area contributed by atoms with Crippen LogP contribution in [0, 0.1) is 0 Å². The van der Waals surface area contributed by atoms with Crippen LogP contribution in [-0.4, -0.2) is 21.0 Å². The van der Waals surface area contributed by atoms with Crippen molar-refractivity contribution in [1.29, 1.82) is 0 Å². The molecule has 0 atom stereocenters. The molecule has 2 aromatic carbocycles. The molecular formula is C14H13N3O2. The Morgan fingerprint density at radius 2 is 1.79 bits per heavy atom. The molecule has 4 N–H and O–H groups in total. The number of aromatic carboxylic acids is 1. The van der Waals surface area contributed by atoms with E-state index in [2.05, 4.69) is 9.97 Å². The molecule has 1 heterocycles. The number of hydrogen-bond donors (Lipinski definition) is 3. The largest absolute Gasteiger partial charge is 0.478 e. The first kappa shape index (κ1) is 12.6. The van der Waals surface area contributed by atoms with Crippen LogP contribution < -0.4 is 5.73 Å². The zero-order valence-electron chi connectivity index (χ0n) is 10.1. The summed E-state index contributed by atoms with van der Waals surface area (Å²) in [6, 6.07) is 14.3. The summed E-state index contributed by atoms with van der Waals surface area (Å²) in [7, 11) is 0. The number of fused-ring (bicyclic) bond motifs is 1. The standard InChI is InChI=1S/C7H6N2.C7H7NO2/c1-2-4-7-6(3-1)8-5-9-7;8-6-4-2-1-3-5(6)7(9)10/h1-5H,(H,8,9);1-4H,8H2,(H,9,10). The molecule has 3 aromatic rings. The lowest BCUT2D eigenvalue weighted by molar-refractivity contribution is 0.0698. The van der Waals surface area contributed by atoms with Crippen LogP contribution in [0.15, 0.2) is 54.9 Å². The van der Waals surface area contributed by atoms with E-state index in [4.69, 9.17) is 10.8 Å². The predicted molar refractivity (Wildman–Crippen MR) is 73.9 cm³/mol. The van der Waals surface area contributed by atoms with Gasteiger partial charge in [-0.2, -0.15) is 0 Å². The van der Waals surface area contributed by atoms with Crippen molar-refractivity contribution in [2.24, 2.45) is 0 Å². The number of nitrogen functional groups attached to an aromatic ring is 1. The number of anilines is 1. The molecule has 0 saturated carbocycles. The Kier molecular flexibility index (Phi) is 3.78. The van der Waals surface area contributed by atoms with Crippen LogP contribution in [0.5, 0.6) is 0 Å². The number of rotatable bonds is 1. The van der Waals surface area contributed by atoms with E-state index in [-0.39, 0.29) is 5.56 Å². The molecule has 0 radical (unpaired) electrons. The quantitative estimate of drug-likeness (QED) is 0.582. The number of aromatic amines is 1. The molecule has 0 aliphatic rings. The fourth-order valence-electron chi connectivity index (χ4n) is 1.57. The van der Waals surface area contributed by atoms with Crippen molar-refractivity contribution in [3.8, 4) is 0 Å². The van der Waals surface area contributed by atoms with Gasteiger partial charge in [0.05, 0.1) is 22.9 Å². The van der Waals surface area contributed by atoms with Crippen LogP contribution in [0.2, 0.25) is 0 Å². The maximum absolute atomic E-state index is 10.3. The number of imidazole rings is 1. The molecule has 5 heteroatoms. The molecule has 0 unspecified atom stereocenters. The van der Waals surface area contributed by atoms with Crippen molar-refractivity contribution in [1.82, 2.24) is 9.97 Å². The fourth-order valence-corrected chi connectivity index (χ4v) is 1.57. The van der Waals surface area contributed by atoms with Gasteiger partial charge in [0.1, 0.15) is 0 Å². The van der Waals surface area contributed by atoms with Gasteiger partial charge in [-0.05, 0) is 24.3 Å². The van der Waals surface area contributed by atoms with Gasteiger partial charge in [-0.15, -0.1) is 0 Å². The van der Waals surface area contributed by atoms with Gasteiger partial charge in [-0.3, -0.25) is 0 Å². The Hall–Kier alpha value is -2.82. The molecule has 0 saturated heterocycles. The van der Waals surface area contributed by atoms with Gasteiger partial charge in [0, 0.05) is 5.69 Å². The van der Waals surface area contributed by atoms with E-state index in [1.807, 2.05) is 24.3 Å². The molecule has 0 aliphatic carbocycles. The van der Waals surface area contributed by atoms with Gasteiger partial charge in [0.25, 0.3) is 0 Å². The summed E-state index contributed by atoms with van der Waals surface area (Å²) in [4.78, 5) is 17.4. The lowest BCUT2D eigenvalue weighted by Gasteiger charge is -1.96. The Bertz CT molecular complexity index is 661. The van der Waals surface area contributed by atoms with Gasteiger partial charge in [-0.1, -0.05) is 24.3 Å². The van der Waals surface area contributed by atoms with E-state index in [1.165, 1.54) is 6.07 Å². The first-order valence-corrected chi connectivity index (χ1v) is 5.64. The number of para-hydroxylation sites is 3. The molecule has 5 nitrogen and oxygen atoms in total. The number of carboxylic acids is 1. The van der Waals surface area contributed by atoms with E-state index < -0.39 is 5.97 Å². The molecule has 0 aliphatic heterocycles. The second kappa shape index (κ2) is 5.68. The predicted octanol–water partition coefficient (Wildman–Crippen LogP) is 2.53. The van der Waals surface area contributed by atoms with Gasteiger partial charge in [0.15, 0.2) is 0 Å². The molecular weight excluding hydrogens is 242 g/mol. The summed E-state index contributed by atoms with van der Waals surface area (Å²) < 4.78 is 0. The van der Waals surface area contributed by atoms with Gasteiger partial charge >= 0.3 is 5.97 Å².